The molecule has 3 nitrogen and oxygen atoms in total. The molecule has 0 amide bonds. The lowest BCUT2D eigenvalue weighted by atomic mass is 10.0. The van der Waals surface area contributed by atoms with Crippen LogP contribution < -0.4 is 10.1 Å². The predicted octanol–water partition coefficient (Wildman–Crippen LogP) is 4.71. The van der Waals surface area contributed by atoms with Crippen LogP contribution in [0.2, 0.25) is 0 Å². The zero-order valence-corrected chi connectivity index (χ0v) is 15.4. The van der Waals surface area contributed by atoms with Crippen LogP contribution in [0.5, 0.6) is 5.75 Å². The van der Waals surface area contributed by atoms with Crippen molar-refractivity contribution in [1.82, 2.24) is 4.90 Å². The summed E-state index contributed by atoms with van der Waals surface area (Å²) in [6.45, 7) is 12.4. The third-order valence-electron chi connectivity index (χ3n) is 4.70. The summed E-state index contributed by atoms with van der Waals surface area (Å²) in [5, 5.41) is 3.49. The molecule has 1 aliphatic rings. The normalized spacial score (nSPS) is 18.2. The SMILES string of the molecule is CCCCN(CCCC)C(C)Cc1ccc2c(c1)NCC(C)O2. The molecule has 2 unspecified atom stereocenters. The van der Waals surface area contributed by atoms with Gasteiger partial charge >= 0.3 is 0 Å². The van der Waals surface area contributed by atoms with Crippen molar-refractivity contribution in [1.29, 1.82) is 0 Å². The Kier molecular flexibility index (Phi) is 7.22. The van der Waals surface area contributed by atoms with Gasteiger partial charge in [0.05, 0.1) is 12.2 Å². The molecule has 0 aliphatic carbocycles. The highest BCUT2D eigenvalue weighted by Gasteiger charge is 2.18. The number of nitrogens with one attached hydrogen (secondary N) is 1. The van der Waals surface area contributed by atoms with Crippen molar-refractivity contribution < 1.29 is 4.74 Å². The molecule has 1 aliphatic heterocycles. The van der Waals surface area contributed by atoms with Gasteiger partial charge in [0.1, 0.15) is 11.9 Å². The van der Waals surface area contributed by atoms with Crippen molar-refractivity contribution in [3.8, 4) is 5.75 Å². The maximum absolute atomic E-state index is 5.87. The molecule has 1 aromatic rings. The van der Waals surface area contributed by atoms with Crippen LogP contribution in [-0.2, 0) is 6.42 Å². The quantitative estimate of drug-likeness (QED) is 0.713. The average molecular weight is 319 g/mol. The molecule has 0 radical (unpaired) electrons. The van der Waals surface area contributed by atoms with Crippen LogP contribution in [0.15, 0.2) is 18.2 Å². The Morgan fingerprint density at radius 3 is 2.57 bits per heavy atom. The summed E-state index contributed by atoms with van der Waals surface area (Å²) in [7, 11) is 0. The number of unbranched alkanes of at least 4 members (excludes halogenated alkanes) is 2. The van der Waals surface area contributed by atoms with E-state index < -0.39 is 0 Å². The number of rotatable bonds is 9. The number of hydrogen-bond donors (Lipinski definition) is 1. The monoisotopic (exact) mass is 318 g/mol. The maximum atomic E-state index is 5.87. The number of fused-ring (bicyclic) bond motifs is 1. The molecule has 2 atom stereocenters. The van der Waals surface area contributed by atoms with Gasteiger partial charge in [0, 0.05) is 6.04 Å². The van der Waals surface area contributed by atoms with Gasteiger partial charge in [0.25, 0.3) is 0 Å². The number of benzene rings is 1. The first kappa shape index (κ1) is 18.1. The fourth-order valence-corrected chi connectivity index (χ4v) is 3.20. The molecule has 1 heterocycles. The first-order chi connectivity index (χ1) is 11.1. The van der Waals surface area contributed by atoms with E-state index in [2.05, 4.69) is 56.1 Å². The topological polar surface area (TPSA) is 24.5 Å². The lowest BCUT2D eigenvalue weighted by molar-refractivity contribution is 0.201. The van der Waals surface area contributed by atoms with Crippen LogP contribution in [-0.4, -0.2) is 36.7 Å². The van der Waals surface area contributed by atoms with E-state index in [-0.39, 0.29) is 6.10 Å². The minimum absolute atomic E-state index is 0.255. The summed E-state index contributed by atoms with van der Waals surface area (Å²) in [5.74, 6) is 0.994. The summed E-state index contributed by atoms with van der Waals surface area (Å²) in [6.07, 6.45) is 6.50. The fraction of sp³-hybridized carbons (Fsp3) is 0.700. The summed E-state index contributed by atoms with van der Waals surface area (Å²) < 4.78 is 5.87. The summed E-state index contributed by atoms with van der Waals surface area (Å²) in [4.78, 5) is 2.67. The molecule has 0 saturated carbocycles. The number of anilines is 1. The smallest absolute Gasteiger partial charge is 0.142 e. The Bertz CT molecular complexity index is 467. The van der Waals surface area contributed by atoms with E-state index >= 15 is 0 Å². The minimum atomic E-state index is 0.255. The molecule has 2 rings (SSSR count). The highest BCUT2D eigenvalue weighted by atomic mass is 16.5. The zero-order valence-electron chi connectivity index (χ0n) is 15.4. The van der Waals surface area contributed by atoms with Crippen LogP contribution in [0.4, 0.5) is 5.69 Å². The predicted molar refractivity (Wildman–Crippen MR) is 99.6 cm³/mol. The first-order valence-corrected chi connectivity index (χ1v) is 9.41. The van der Waals surface area contributed by atoms with E-state index in [4.69, 9.17) is 4.74 Å². The standard InChI is InChI=1S/C20H34N2O/c1-5-7-11-22(12-8-6-2)16(3)13-18-9-10-20-19(14-18)21-15-17(4)23-20/h9-10,14,16-17,21H,5-8,11-13,15H2,1-4H3. The molecule has 0 saturated heterocycles. The Labute approximate surface area is 142 Å². The van der Waals surface area contributed by atoms with Gasteiger partial charge < -0.3 is 15.0 Å². The van der Waals surface area contributed by atoms with Crippen LogP contribution in [0.3, 0.4) is 0 Å². The van der Waals surface area contributed by atoms with E-state index in [0.717, 1.165) is 24.4 Å². The molecule has 0 aromatic heterocycles. The zero-order chi connectivity index (χ0) is 16.7. The molecule has 0 bridgehead atoms. The third kappa shape index (κ3) is 5.42. The van der Waals surface area contributed by atoms with Gasteiger partial charge in [-0.1, -0.05) is 32.8 Å². The molecule has 1 N–H and O–H groups in total. The van der Waals surface area contributed by atoms with Crippen molar-refractivity contribution >= 4 is 5.69 Å². The second kappa shape index (κ2) is 9.17. The average Bonchev–Trinajstić information content (AvgIpc) is 2.55. The van der Waals surface area contributed by atoms with Gasteiger partial charge in [-0.3, -0.25) is 0 Å². The van der Waals surface area contributed by atoms with Gasteiger partial charge in [0.2, 0.25) is 0 Å². The number of nitrogens with zero attached hydrogens (tertiary/aromatic N) is 1. The largest absolute Gasteiger partial charge is 0.487 e. The van der Waals surface area contributed by atoms with Gasteiger partial charge in [-0.05, 0) is 63.9 Å². The van der Waals surface area contributed by atoms with Crippen molar-refractivity contribution in [2.75, 3.05) is 25.0 Å². The van der Waals surface area contributed by atoms with Crippen LogP contribution >= 0.6 is 0 Å². The van der Waals surface area contributed by atoms with Crippen molar-refractivity contribution in [3.63, 3.8) is 0 Å². The van der Waals surface area contributed by atoms with Gasteiger partial charge in [0.15, 0.2) is 0 Å². The molecule has 130 valence electrons. The highest BCUT2D eigenvalue weighted by Crippen LogP contribution is 2.30. The van der Waals surface area contributed by atoms with Crippen molar-refractivity contribution in [2.45, 2.75) is 71.9 Å². The van der Waals surface area contributed by atoms with E-state index in [1.165, 1.54) is 44.3 Å². The molecular formula is C20H34N2O. The molecule has 0 fully saturated rings. The summed E-state index contributed by atoms with van der Waals surface area (Å²) >= 11 is 0. The lowest BCUT2D eigenvalue weighted by Crippen LogP contribution is -2.36. The highest BCUT2D eigenvalue weighted by molar-refractivity contribution is 5.59. The second-order valence-electron chi connectivity index (χ2n) is 6.94. The maximum Gasteiger partial charge on any atom is 0.142 e. The van der Waals surface area contributed by atoms with Crippen LogP contribution in [0.1, 0.15) is 58.9 Å². The second-order valence-corrected chi connectivity index (χ2v) is 6.94. The summed E-state index contributed by atoms with van der Waals surface area (Å²) in [5.41, 5.74) is 2.56. The van der Waals surface area contributed by atoms with Crippen molar-refractivity contribution in [3.05, 3.63) is 23.8 Å². The lowest BCUT2D eigenvalue weighted by Gasteiger charge is -2.30. The molecule has 23 heavy (non-hydrogen) atoms. The summed E-state index contributed by atoms with van der Waals surface area (Å²) in [6, 6.07) is 7.22. The van der Waals surface area contributed by atoms with Crippen LogP contribution in [0, 0.1) is 0 Å². The Morgan fingerprint density at radius 2 is 1.91 bits per heavy atom. The minimum Gasteiger partial charge on any atom is -0.487 e. The van der Waals surface area contributed by atoms with E-state index in [1.54, 1.807) is 0 Å². The van der Waals surface area contributed by atoms with Crippen molar-refractivity contribution in [2.24, 2.45) is 0 Å². The van der Waals surface area contributed by atoms with Crippen LogP contribution in [0.25, 0.3) is 0 Å². The van der Waals surface area contributed by atoms with E-state index in [9.17, 15) is 0 Å². The number of hydrogen-bond acceptors (Lipinski definition) is 3. The Hall–Kier alpha value is -1.22. The van der Waals surface area contributed by atoms with Gasteiger partial charge in [-0.25, -0.2) is 0 Å². The Morgan fingerprint density at radius 1 is 1.22 bits per heavy atom. The molecule has 1 aromatic carbocycles. The molecular weight excluding hydrogens is 284 g/mol. The molecule has 3 heteroatoms. The third-order valence-corrected chi connectivity index (χ3v) is 4.70. The Balaban J connectivity index is 1.98. The number of ether oxygens (including phenoxy) is 1. The van der Waals surface area contributed by atoms with Gasteiger partial charge in [-0.15, -0.1) is 0 Å². The van der Waals surface area contributed by atoms with E-state index in [1.807, 2.05) is 0 Å². The first-order valence-electron chi connectivity index (χ1n) is 9.41. The van der Waals surface area contributed by atoms with Gasteiger partial charge in [-0.2, -0.15) is 0 Å². The molecule has 0 spiro atoms. The fourth-order valence-electron chi connectivity index (χ4n) is 3.20. The van der Waals surface area contributed by atoms with E-state index in [0.29, 0.717) is 6.04 Å².